The fourth-order valence-corrected chi connectivity index (χ4v) is 6.12. The quantitative estimate of drug-likeness (QED) is 0.219. The molecule has 0 unspecified atom stereocenters. The van der Waals surface area contributed by atoms with Gasteiger partial charge in [0.25, 0.3) is 5.91 Å². The van der Waals surface area contributed by atoms with Crippen molar-refractivity contribution in [3.05, 3.63) is 102 Å². The number of amides is 3. The van der Waals surface area contributed by atoms with Crippen molar-refractivity contribution in [1.82, 2.24) is 5.32 Å². The van der Waals surface area contributed by atoms with Gasteiger partial charge < -0.3 is 25.6 Å². The molecule has 0 aromatic heterocycles. The van der Waals surface area contributed by atoms with Crippen LogP contribution in [0.15, 0.2) is 91.0 Å². The van der Waals surface area contributed by atoms with E-state index in [9.17, 15) is 9.59 Å². The van der Waals surface area contributed by atoms with Gasteiger partial charge in [0.1, 0.15) is 0 Å². The number of nitrogens with one attached hydrogen (secondary N) is 3. The number of hydrogen-bond acceptors (Lipinski definition) is 4. The molecule has 2 fully saturated rings. The molecule has 7 heteroatoms. The Morgan fingerprint density at radius 3 is 2.43 bits per heavy atom. The van der Waals surface area contributed by atoms with Crippen molar-refractivity contribution in [2.75, 3.05) is 41.8 Å². The summed E-state index contributed by atoms with van der Waals surface area (Å²) >= 11 is 0. The van der Waals surface area contributed by atoms with Crippen molar-refractivity contribution >= 4 is 39.8 Å². The molecule has 2 heterocycles. The molecule has 2 aliphatic heterocycles. The van der Waals surface area contributed by atoms with Crippen molar-refractivity contribution in [2.45, 2.75) is 38.2 Å². The van der Waals surface area contributed by atoms with E-state index in [0.29, 0.717) is 23.7 Å². The van der Waals surface area contributed by atoms with Gasteiger partial charge in [0, 0.05) is 43.0 Å². The van der Waals surface area contributed by atoms with E-state index in [4.69, 9.17) is 4.74 Å². The first-order chi connectivity index (χ1) is 20.6. The van der Waals surface area contributed by atoms with Crippen molar-refractivity contribution in [2.24, 2.45) is 5.92 Å². The first-order valence-corrected chi connectivity index (χ1v) is 15.0. The summed E-state index contributed by atoms with van der Waals surface area (Å²) in [5.41, 5.74) is 4.14. The molecule has 0 spiro atoms. The molecule has 4 aromatic carbocycles. The Morgan fingerprint density at radius 2 is 1.62 bits per heavy atom. The van der Waals surface area contributed by atoms with Crippen LogP contribution in [-0.4, -0.2) is 44.3 Å². The molecule has 0 radical (unpaired) electrons. The summed E-state index contributed by atoms with van der Waals surface area (Å²) in [5.74, 6) is 0.476. The minimum Gasteiger partial charge on any atom is -0.376 e. The third-order valence-corrected chi connectivity index (χ3v) is 8.37. The third-order valence-electron chi connectivity index (χ3n) is 8.37. The maximum absolute atomic E-state index is 13.5. The molecular weight excluding hydrogens is 524 g/mol. The Bertz CT molecular complexity index is 1520. The van der Waals surface area contributed by atoms with Crippen LogP contribution in [0.5, 0.6) is 0 Å². The van der Waals surface area contributed by atoms with Crippen molar-refractivity contribution in [1.29, 1.82) is 0 Å². The van der Waals surface area contributed by atoms with Crippen LogP contribution in [0.25, 0.3) is 10.8 Å². The van der Waals surface area contributed by atoms with Gasteiger partial charge in [-0.3, -0.25) is 4.79 Å². The Hall–Kier alpha value is -4.36. The van der Waals surface area contributed by atoms with Crippen molar-refractivity contribution in [3.63, 3.8) is 0 Å². The highest BCUT2D eigenvalue weighted by Crippen LogP contribution is 2.31. The van der Waals surface area contributed by atoms with Gasteiger partial charge in [-0.2, -0.15) is 0 Å². The van der Waals surface area contributed by atoms with Crippen LogP contribution >= 0.6 is 0 Å². The average Bonchev–Trinajstić information content (AvgIpc) is 3.55. The Labute approximate surface area is 247 Å². The van der Waals surface area contributed by atoms with Gasteiger partial charge in [-0.1, -0.05) is 66.7 Å². The minimum absolute atomic E-state index is 0.0545. The molecule has 2 aliphatic rings. The molecule has 3 N–H and O–H groups in total. The van der Waals surface area contributed by atoms with E-state index in [-0.39, 0.29) is 18.0 Å². The van der Waals surface area contributed by atoms with Crippen LogP contribution < -0.4 is 20.9 Å². The highest BCUT2D eigenvalue weighted by molar-refractivity contribution is 6.07. The predicted molar refractivity (Wildman–Crippen MR) is 169 cm³/mol. The maximum Gasteiger partial charge on any atom is 0.323 e. The molecule has 216 valence electrons. The molecule has 7 nitrogen and oxygen atoms in total. The molecule has 42 heavy (non-hydrogen) atoms. The van der Waals surface area contributed by atoms with Gasteiger partial charge in [0.05, 0.1) is 17.4 Å². The lowest BCUT2D eigenvalue weighted by Gasteiger charge is -2.35. The smallest absolute Gasteiger partial charge is 0.323 e. The fraction of sp³-hybridized carbons (Fsp3) is 0.314. The molecule has 1 atom stereocenters. The number of carbonyl (C=O) groups is 2. The average molecular weight is 563 g/mol. The Balaban J connectivity index is 1.16. The molecule has 0 aliphatic carbocycles. The van der Waals surface area contributed by atoms with Gasteiger partial charge in [-0.05, 0) is 73.2 Å². The van der Waals surface area contributed by atoms with Gasteiger partial charge >= 0.3 is 6.03 Å². The van der Waals surface area contributed by atoms with Crippen LogP contribution in [0.1, 0.15) is 41.6 Å². The van der Waals surface area contributed by atoms with E-state index in [0.717, 1.165) is 73.9 Å². The Kier molecular flexibility index (Phi) is 8.66. The summed E-state index contributed by atoms with van der Waals surface area (Å²) < 4.78 is 5.72. The fourth-order valence-electron chi connectivity index (χ4n) is 6.12. The minimum atomic E-state index is -0.355. The summed E-state index contributed by atoms with van der Waals surface area (Å²) in [7, 11) is 0. The Morgan fingerprint density at radius 1 is 0.833 bits per heavy atom. The number of piperidine rings is 1. The largest absolute Gasteiger partial charge is 0.376 e. The van der Waals surface area contributed by atoms with E-state index < -0.39 is 0 Å². The van der Waals surface area contributed by atoms with E-state index in [1.165, 1.54) is 5.56 Å². The zero-order chi connectivity index (χ0) is 28.7. The molecule has 0 bridgehead atoms. The lowest BCUT2D eigenvalue weighted by atomic mass is 9.89. The van der Waals surface area contributed by atoms with Gasteiger partial charge in [0.15, 0.2) is 0 Å². The second-order valence-electron chi connectivity index (χ2n) is 11.3. The highest BCUT2D eigenvalue weighted by atomic mass is 16.5. The van der Waals surface area contributed by atoms with E-state index >= 15 is 0 Å². The van der Waals surface area contributed by atoms with E-state index in [1.807, 2.05) is 54.6 Å². The van der Waals surface area contributed by atoms with Gasteiger partial charge in [-0.15, -0.1) is 0 Å². The number of carbonyl (C=O) groups excluding carboxylic acids is 2. The summed E-state index contributed by atoms with van der Waals surface area (Å²) in [6.45, 7) is 3.00. The van der Waals surface area contributed by atoms with Crippen LogP contribution in [0.3, 0.4) is 0 Å². The van der Waals surface area contributed by atoms with Crippen LogP contribution in [0.4, 0.5) is 21.9 Å². The summed E-state index contributed by atoms with van der Waals surface area (Å²) in [6.07, 6.45) is 5.25. The molecule has 2 saturated heterocycles. The van der Waals surface area contributed by atoms with Crippen LogP contribution in [0.2, 0.25) is 0 Å². The van der Waals surface area contributed by atoms with Crippen molar-refractivity contribution in [3.8, 4) is 0 Å². The van der Waals surface area contributed by atoms with Crippen LogP contribution in [0, 0.1) is 5.92 Å². The monoisotopic (exact) mass is 562 g/mol. The van der Waals surface area contributed by atoms with Gasteiger partial charge in [-0.25, -0.2) is 4.79 Å². The first-order valence-electron chi connectivity index (χ1n) is 15.0. The molecule has 0 saturated carbocycles. The highest BCUT2D eigenvalue weighted by Gasteiger charge is 2.25. The third kappa shape index (κ3) is 6.74. The van der Waals surface area contributed by atoms with E-state index in [2.05, 4.69) is 51.2 Å². The molecule has 3 amide bonds. The summed E-state index contributed by atoms with van der Waals surface area (Å²) in [4.78, 5) is 28.9. The molecule has 4 aromatic rings. The second-order valence-corrected chi connectivity index (χ2v) is 11.3. The van der Waals surface area contributed by atoms with E-state index in [1.54, 1.807) is 6.07 Å². The number of anilines is 3. The lowest BCUT2D eigenvalue weighted by molar-refractivity contribution is 0.0858. The number of fused-ring (bicyclic) bond motifs is 1. The zero-order valence-electron chi connectivity index (χ0n) is 23.9. The topological polar surface area (TPSA) is 82.7 Å². The summed E-state index contributed by atoms with van der Waals surface area (Å²) in [5, 5.41) is 11.0. The SMILES string of the molecule is O=C(Nc1ccc(N2CCC(Cc3ccccc3)CC2)c(C(=O)NC[C@@H]2CCCO2)c1)Nc1cccc2ccccc12. The first kappa shape index (κ1) is 27.8. The lowest BCUT2D eigenvalue weighted by Crippen LogP contribution is -2.37. The zero-order valence-corrected chi connectivity index (χ0v) is 23.9. The molecular formula is C35H38N4O3. The van der Waals surface area contributed by atoms with Gasteiger partial charge in [0.2, 0.25) is 0 Å². The van der Waals surface area contributed by atoms with Crippen molar-refractivity contribution < 1.29 is 14.3 Å². The number of urea groups is 1. The maximum atomic E-state index is 13.5. The number of benzene rings is 4. The predicted octanol–water partition coefficient (Wildman–Crippen LogP) is 6.85. The number of nitrogens with zero attached hydrogens (tertiary/aromatic N) is 1. The standard InChI is InChI=1S/C35H38N4O3/c40-34(36-24-29-12-7-21-42-29)31-23-28(37-35(41)38-32-14-6-11-27-10-4-5-13-30(27)32)15-16-33(31)39-19-17-26(18-20-39)22-25-8-2-1-3-9-25/h1-6,8-11,13-16,23,26,29H,7,12,17-22,24H2,(H,36,40)(H2,37,38,41)/t29-/m0/s1. The normalized spacial score (nSPS) is 17.2. The molecule has 6 rings (SSSR count). The number of rotatable bonds is 8. The summed E-state index contributed by atoms with van der Waals surface area (Å²) in [6, 6.07) is 29.7. The number of hydrogen-bond donors (Lipinski definition) is 3. The van der Waals surface area contributed by atoms with Crippen LogP contribution in [-0.2, 0) is 11.2 Å². The number of ether oxygens (including phenoxy) is 1. The second kappa shape index (κ2) is 13.1.